The summed E-state index contributed by atoms with van der Waals surface area (Å²) < 4.78 is 17.8. The number of unbranched alkanes of at least 4 members (excludes halogenated alkanes) is 3. The molecule has 0 N–H and O–H groups in total. The van der Waals surface area contributed by atoms with Crippen LogP contribution in [0.4, 0.5) is 0 Å². The van der Waals surface area contributed by atoms with Crippen LogP contribution in [0.1, 0.15) is 59.3 Å². The molecule has 0 aromatic heterocycles. The molecule has 0 saturated heterocycles. The van der Waals surface area contributed by atoms with Gasteiger partial charge in [-0.3, -0.25) is 0 Å². The summed E-state index contributed by atoms with van der Waals surface area (Å²) in [5, 5.41) is 0. The van der Waals surface area contributed by atoms with E-state index in [0.29, 0.717) is 0 Å². The quantitative estimate of drug-likeness (QED) is 0.229. The van der Waals surface area contributed by atoms with E-state index in [0.717, 1.165) is 11.5 Å². The number of rotatable bonds is 14. The van der Waals surface area contributed by atoms with Gasteiger partial charge < -0.3 is 0 Å². The zero-order chi connectivity index (χ0) is 21.8. The van der Waals surface area contributed by atoms with Crippen molar-refractivity contribution in [1.82, 2.24) is 0 Å². The van der Waals surface area contributed by atoms with Crippen molar-refractivity contribution in [1.29, 1.82) is 0 Å². The minimum absolute atomic E-state index is 1.00. The van der Waals surface area contributed by atoms with Gasteiger partial charge in [-0.05, 0) is 0 Å². The Morgan fingerprint density at radius 2 is 1.20 bits per heavy atom. The molecule has 2 nitrogen and oxygen atoms in total. The second-order valence-corrected chi connectivity index (χ2v) is 22.3. The van der Waals surface area contributed by atoms with Gasteiger partial charge >= 0.3 is 194 Å². The summed E-state index contributed by atoms with van der Waals surface area (Å²) >= 11 is -0.873. The van der Waals surface area contributed by atoms with Crippen LogP contribution in [0.5, 0.6) is 11.5 Å². The molecule has 0 spiro atoms. The van der Waals surface area contributed by atoms with E-state index in [9.17, 15) is 0 Å². The molecular weight excluding hydrogens is 495 g/mol. The Balaban J connectivity index is 2.71. The molecule has 0 amide bonds. The Kier molecular flexibility index (Phi) is 11.5. The van der Waals surface area contributed by atoms with Crippen LogP contribution in [0.3, 0.4) is 0 Å². The molecule has 0 aliphatic carbocycles. The molecule has 0 heterocycles. The second-order valence-electron chi connectivity index (χ2n) is 8.18. The number of ether oxygens (including phenoxy) is 2. The van der Waals surface area contributed by atoms with Gasteiger partial charge in [-0.1, -0.05) is 0 Å². The molecule has 0 saturated carbocycles. The van der Waals surface area contributed by atoms with Crippen molar-refractivity contribution in [3.05, 3.63) is 42.5 Å². The molecule has 2 aromatic carbocycles. The predicted octanol–water partition coefficient (Wildman–Crippen LogP) is 7.91. The zero-order valence-corrected chi connectivity index (χ0v) is 23.3. The van der Waals surface area contributed by atoms with Crippen LogP contribution in [0.2, 0.25) is 13.3 Å². The van der Waals surface area contributed by atoms with Gasteiger partial charge in [0, 0.05) is 0 Å². The van der Waals surface area contributed by atoms with Crippen molar-refractivity contribution < 1.29 is 9.47 Å². The van der Waals surface area contributed by atoms with Gasteiger partial charge in [-0.2, -0.15) is 0 Å². The predicted molar refractivity (Wildman–Crippen MR) is 135 cm³/mol. The fourth-order valence-corrected chi connectivity index (χ4v) is 24.1. The summed E-state index contributed by atoms with van der Waals surface area (Å²) in [6.45, 7) is 7.00. The van der Waals surface area contributed by atoms with E-state index >= 15 is 0 Å². The van der Waals surface area contributed by atoms with E-state index in [1.165, 1.54) is 61.6 Å². The first kappa shape index (κ1) is 25.4. The third-order valence-electron chi connectivity index (χ3n) is 6.04. The molecule has 2 aromatic rings. The van der Waals surface area contributed by atoms with Crippen molar-refractivity contribution in [2.45, 2.75) is 82.4 Å². The Hall–Kier alpha value is -0.811. The van der Waals surface area contributed by atoms with Crippen LogP contribution in [-0.2, 0) is 0 Å². The zero-order valence-electron chi connectivity index (χ0n) is 19.6. The van der Waals surface area contributed by atoms with Gasteiger partial charge in [-0.15, -0.1) is 0 Å². The Morgan fingerprint density at radius 1 is 0.700 bits per heavy atom. The topological polar surface area (TPSA) is 18.5 Å². The van der Waals surface area contributed by atoms with Crippen LogP contribution < -0.4 is 13.1 Å². The minimum atomic E-state index is -2.74. The molecule has 30 heavy (non-hydrogen) atoms. The Labute approximate surface area is 193 Å². The van der Waals surface area contributed by atoms with Crippen molar-refractivity contribution in [3.8, 4) is 11.5 Å². The SMILES string of the molecule is CCC[CH2][Sn]([CH2]CCC)([CH2]CCC)[c]1c(OC)ccc(OC)c1Sc1ccccc1. The number of methoxy groups -OCH3 is 2. The van der Waals surface area contributed by atoms with Gasteiger partial charge in [0.1, 0.15) is 0 Å². The standard InChI is InChI=1S/C14H13O2S.3C4H9.Sn/c1-15-11-8-9-13(16-2)14(10-11)17-12-6-4-3-5-7-12;3*1-3-4-2;/h3-9H,1-2H3;3*1,3-4H2,2H3;. The molecule has 2 rings (SSSR count). The number of hydrogen-bond acceptors (Lipinski definition) is 3. The first-order valence-electron chi connectivity index (χ1n) is 11.6. The van der Waals surface area contributed by atoms with Crippen molar-refractivity contribution in [2.24, 2.45) is 0 Å². The van der Waals surface area contributed by atoms with Gasteiger partial charge in [-0.25, -0.2) is 0 Å². The molecule has 4 heteroatoms. The second kappa shape index (κ2) is 13.6. The van der Waals surface area contributed by atoms with Crippen molar-refractivity contribution in [2.75, 3.05) is 14.2 Å². The van der Waals surface area contributed by atoms with E-state index in [1.54, 1.807) is 3.58 Å². The van der Waals surface area contributed by atoms with Gasteiger partial charge in [0.05, 0.1) is 0 Å². The molecule has 0 radical (unpaired) electrons. The molecular formula is C26H40O2SSn. The molecule has 0 fully saturated rings. The average Bonchev–Trinajstić information content (AvgIpc) is 2.79. The monoisotopic (exact) mass is 536 g/mol. The average molecular weight is 535 g/mol. The maximum atomic E-state index is 6.05. The first-order valence-corrected chi connectivity index (χ1v) is 19.9. The fourth-order valence-electron chi connectivity index (χ4n) is 4.38. The summed E-state index contributed by atoms with van der Waals surface area (Å²) in [5.74, 6) is 2.11. The Bertz CT molecular complexity index is 726. The third kappa shape index (κ3) is 6.59. The summed E-state index contributed by atoms with van der Waals surface area (Å²) in [7, 11) is 3.65. The van der Waals surface area contributed by atoms with Gasteiger partial charge in [0.25, 0.3) is 0 Å². The van der Waals surface area contributed by atoms with E-state index in [1.807, 2.05) is 26.0 Å². The molecule has 0 aliphatic rings. The van der Waals surface area contributed by atoms with E-state index < -0.39 is 18.4 Å². The van der Waals surface area contributed by atoms with E-state index in [4.69, 9.17) is 9.47 Å². The van der Waals surface area contributed by atoms with Crippen molar-refractivity contribution >= 4 is 33.7 Å². The normalized spacial score (nSPS) is 11.5. The maximum absolute atomic E-state index is 6.05. The summed E-state index contributed by atoms with van der Waals surface area (Å²) in [4.78, 5) is 2.59. The number of hydrogen-bond donors (Lipinski definition) is 0. The molecule has 0 aliphatic heterocycles. The van der Waals surface area contributed by atoms with Crippen LogP contribution in [0, 0.1) is 0 Å². The molecule has 0 bridgehead atoms. The van der Waals surface area contributed by atoms with E-state index in [2.05, 4.69) is 63.2 Å². The molecule has 0 atom stereocenters. The fraction of sp³-hybridized carbons (Fsp3) is 0.538. The van der Waals surface area contributed by atoms with Crippen molar-refractivity contribution in [3.63, 3.8) is 0 Å². The van der Waals surface area contributed by atoms with Gasteiger partial charge in [0.15, 0.2) is 0 Å². The summed E-state index contributed by atoms with van der Waals surface area (Å²) in [6.07, 6.45) is 7.80. The first-order chi connectivity index (χ1) is 14.7. The van der Waals surface area contributed by atoms with Crippen LogP contribution >= 0.6 is 11.8 Å². The molecule has 166 valence electrons. The number of benzene rings is 2. The Morgan fingerprint density at radius 3 is 1.67 bits per heavy atom. The van der Waals surface area contributed by atoms with E-state index in [-0.39, 0.29) is 0 Å². The van der Waals surface area contributed by atoms with Crippen LogP contribution in [0.25, 0.3) is 0 Å². The van der Waals surface area contributed by atoms with Gasteiger partial charge in [0.2, 0.25) is 0 Å². The molecule has 0 unspecified atom stereocenters. The van der Waals surface area contributed by atoms with Crippen LogP contribution in [-0.4, -0.2) is 32.6 Å². The summed E-state index contributed by atoms with van der Waals surface area (Å²) in [5.41, 5.74) is 0. The summed E-state index contributed by atoms with van der Waals surface area (Å²) in [6, 6.07) is 15.0. The van der Waals surface area contributed by atoms with Crippen LogP contribution in [0.15, 0.2) is 52.3 Å². The third-order valence-corrected chi connectivity index (χ3v) is 23.3.